The molecule has 3 heterocycles. The van der Waals surface area contributed by atoms with Crippen LogP contribution in [0.5, 0.6) is 0 Å². The molecule has 1 saturated carbocycles. The van der Waals surface area contributed by atoms with Gasteiger partial charge in [-0.1, -0.05) is 0 Å². The number of hydrogen-bond donors (Lipinski definition) is 4. The summed E-state index contributed by atoms with van der Waals surface area (Å²) in [6.07, 6.45) is 5.68. The molecular formula is C21H32N6O2. The highest BCUT2D eigenvalue weighted by molar-refractivity contribution is 5.89. The number of nitrogens with one attached hydrogen (secondary N) is 3. The fourth-order valence-electron chi connectivity index (χ4n) is 3.97. The van der Waals surface area contributed by atoms with Crippen LogP contribution in [0.2, 0.25) is 0 Å². The second kappa shape index (κ2) is 8.77. The summed E-state index contributed by atoms with van der Waals surface area (Å²) in [4.78, 5) is 13.9. The van der Waals surface area contributed by atoms with Gasteiger partial charge in [0.2, 0.25) is 5.95 Å². The number of pyridine rings is 1. The molecule has 0 unspecified atom stereocenters. The molecule has 8 nitrogen and oxygen atoms in total. The maximum atomic E-state index is 9.95. The van der Waals surface area contributed by atoms with E-state index in [2.05, 4.69) is 39.8 Å². The minimum Gasteiger partial charge on any atom is -0.387 e. The molecule has 0 bridgehead atoms. The Morgan fingerprint density at radius 2 is 1.76 bits per heavy atom. The Morgan fingerprint density at radius 1 is 1.03 bits per heavy atom. The third-order valence-corrected chi connectivity index (χ3v) is 5.61. The van der Waals surface area contributed by atoms with Crippen LogP contribution in [0.4, 0.5) is 11.8 Å². The molecule has 0 amide bonds. The Bertz CT molecular complexity index is 831. The van der Waals surface area contributed by atoms with Crippen molar-refractivity contribution in [1.82, 2.24) is 20.3 Å². The van der Waals surface area contributed by atoms with Gasteiger partial charge in [0.1, 0.15) is 5.52 Å². The average molecular weight is 401 g/mol. The standard InChI is InChI=1S/C21H32N6O2/c1-12(2)23-20-19-14(8-18(26-20)13(3)28)9-22-21(27-19)25-16-6-4-15(5-7-16)24-17-10-29-11-17/h8-9,12-13,15-17,24,28H,4-7,10-11H2,1-3H3,(H,23,26)(H,22,25,27)/t13-,15?,16?/m1/s1. The van der Waals surface area contributed by atoms with Gasteiger partial charge in [0.25, 0.3) is 0 Å². The lowest BCUT2D eigenvalue weighted by Crippen LogP contribution is -2.51. The van der Waals surface area contributed by atoms with Crippen LogP contribution >= 0.6 is 0 Å². The van der Waals surface area contributed by atoms with E-state index in [1.807, 2.05) is 12.3 Å². The van der Waals surface area contributed by atoms with Gasteiger partial charge in [-0.15, -0.1) is 0 Å². The van der Waals surface area contributed by atoms with E-state index in [1.165, 1.54) is 0 Å². The Kier molecular flexibility index (Phi) is 6.12. The van der Waals surface area contributed by atoms with Crippen molar-refractivity contribution in [3.8, 4) is 0 Å². The quantitative estimate of drug-likeness (QED) is 0.562. The summed E-state index contributed by atoms with van der Waals surface area (Å²) in [6.45, 7) is 7.53. The van der Waals surface area contributed by atoms with Crippen molar-refractivity contribution in [2.24, 2.45) is 0 Å². The van der Waals surface area contributed by atoms with Gasteiger partial charge in [0.15, 0.2) is 5.82 Å². The summed E-state index contributed by atoms with van der Waals surface area (Å²) >= 11 is 0. The minimum atomic E-state index is -0.639. The summed E-state index contributed by atoms with van der Waals surface area (Å²) in [7, 11) is 0. The summed E-state index contributed by atoms with van der Waals surface area (Å²) in [5, 5.41) is 21.4. The van der Waals surface area contributed by atoms with Crippen molar-refractivity contribution < 1.29 is 9.84 Å². The number of fused-ring (bicyclic) bond motifs is 1. The van der Waals surface area contributed by atoms with Crippen molar-refractivity contribution in [2.45, 2.75) is 76.7 Å². The third kappa shape index (κ3) is 4.94. The molecule has 1 atom stereocenters. The zero-order valence-electron chi connectivity index (χ0n) is 17.5. The molecule has 2 aromatic rings. The van der Waals surface area contributed by atoms with Crippen LogP contribution in [0, 0.1) is 0 Å². The van der Waals surface area contributed by atoms with Crippen LogP contribution in [-0.4, -0.2) is 57.4 Å². The van der Waals surface area contributed by atoms with Crippen molar-refractivity contribution in [1.29, 1.82) is 0 Å². The number of aliphatic hydroxyl groups excluding tert-OH is 1. The van der Waals surface area contributed by atoms with Gasteiger partial charge in [0, 0.05) is 29.7 Å². The second-order valence-electron chi connectivity index (χ2n) is 8.60. The van der Waals surface area contributed by atoms with Crippen molar-refractivity contribution in [2.75, 3.05) is 23.8 Å². The first-order chi connectivity index (χ1) is 14.0. The van der Waals surface area contributed by atoms with E-state index in [0.29, 0.717) is 35.6 Å². The monoisotopic (exact) mass is 400 g/mol. The topological polar surface area (TPSA) is 104 Å². The molecule has 0 aromatic carbocycles. The van der Waals surface area contributed by atoms with Crippen LogP contribution < -0.4 is 16.0 Å². The normalized spacial score (nSPS) is 23.8. The van der Waals surface area contributed by atoms with Crippen LogP contribution in [0.15, 0.2) is 12.3 Å². The van der Waals surface area contributed by atoms with E-state index in [1.54, 1.807) is 6.92 Å². The number of aliphatic hydroxyl groups is 1. The van der Waals surface area contributed by atoms with Crippen LogP contribution in [0.3, 0.4) is 0 Å². The SMILES string of the molecule is CC(C)Nc1nc([C@@H](C)O)cc2cnc(NC3CCC(NC4COC4)CC3)nc12. The highest BCUT2D eigenvalue weighted by atomic mass is 16.5. The molecular weight excluding hydrogens is 368 g/mol. The summed E-state index contributed by atoms with van der Waals surface area (Å²) in [5.41, 5.74) is 1.40. The largest absolute Gasteiger partial charge is 0.387 e. The molecule has 1 aliphatic carbocycles. The van der Waals surface area contributed by atoms with Crippen LogP contribution in [-0.2, 0) is 4.74 Å². The van der Waals surface area contributed by atoms with Gasteiger partial charge in [0.05, 0.1) is 31.1 Å². The Morgan fingerprint density at radius 3 is 2.38 bits per heavy atom. The van der Waals surface area contributed by atoms with E-state index in [-0.39, 0.29) is 6.04 Å². The van der Waals surface area contributed by atoms with Gasteiger partial charge < -0.3 is 25.8 Å². The number of anilines is 2. The van der Waals surface area contributed by atoms with Crippen molar-refractivity contribution >= 4 is 22.7 Å². The third-order valence-electron chi connectivity index (χ3n) is 5.61. The minimum absolute atomic E-state index is 0.213. The Balaban J connectivity index is 1.46. The smallest absolute Gasteiger partial charge is 0.223 e. The van der Waals surface area contributed by atoms with E-state index in [4.69, 9.17) is 9.72 Å². The van der Waals surface area contributed by atoms with Crippen molar-refractivity contribution in [3.63, 3.8) is 0 Å². The maximum absolute atomic E-state index is 9.95. The molecule has 4 rings (SSSR count). The first-order valence-electron chi connectivity index (χ1n) is 10.7. The van der Waals surface area contributed by atoms with E-state index < -0.39 is 6.10 Å². The fraction of sp³-hybridized carbons (Fsp3) is 0.667. The van der Waals surface area contributed by atoms with Gasteiger partial charge in [-0.25, -0.2) is 15.0 Å². The number of hydrogen-bond acceptors (Lipinski definition) is 8. The maximum Gasteiger partial charge on any atom is 0.223 e. The first-order valence-corrected chi connectivity index (χ1v) is 10.7. The molecule has 2 aromatic heterocycles. The van der Waals surface area contributed by atoms with E-state index in [0.717, 1.165) is 49.8 Å². The summed E-state index contributed by atoms with van der Waals surface area (Å²) in [6, 6.07) is 3.58. The van der Waals surface area contributed by atoms with E-state index in [9.17, 15) is 5.11 Å². The van der Waals surface area contributed by atoms with Gasteiger partial charge in [-0.05, 0) is 52.5 Å². The number of ether oxygens (including phenoxy) is 1. The van der Waals surface area contributed by atoms with Crippen LogP contribution in [0.1, 0.15) is 58.3 Å². The summed E-state index contributed by atoms with van der Waals surface area (Å²) < 4.78 is 5.25. The molecule has 2 aliphatic rings. The summed E-state index contributed by atoms with van der Waals surface area (Å²) in [5.74, 6) is 1.33. The molecule has 29 heavy (non-hydrogen) atoms. The van der Waals surface area contributed by atoms with E-state index >= 15 is 0 Å². The number of rotatable bonds is 7. The molecule has 2 fully saturated rings. The number of aromatic nitrogens is 3. The first kappa shape index (κ1) is 20.3. The predicted molar refractivity (Wildman–Crippen MR) is 114 cm³/mol. The highest BCUT2D eigenvalue weighted by Crippen LogP contribution is 2.26. The molecule has 0 spiro atoms. The fourth-order valence-corrected chi connectivity index (χ4v) is 3.97. The molecule has 1 saturated heterocycles. The van der Waals surface area contributed by atoms with Gasteiger partial charge in [-0.2, -0.15) is 0 Å². The van der Waals surface area contributed by atoms with Crippen molar-refractivity contribution in [3.05, 3.63) is 18.0 Å². The van der Waals surface area contributed by atoms with Gasteiger partial charge in [-0.3, -0.25) is 0 Å². The predicted octanol–water partition coefficient (Wildman–Crippen LogP) is 2.61. The Labute approximate surface area is 171 Å². The highest BCUT2D eigenvalue weighted by Gasteiger charge is 2.26. The Hall–Kier alpha value is -2.03. The lowest BCUT2D eigenvalue weighted by Gasteiger charge is -2.35. The number of nitrogens with zero attached hydrogens (tertiary/aromatic N) is 3. The lowest BCUT2D eigenvalue weighted by molar-refractivity contribution is -0.0120. The second-order valence-corrected chi connectivity index (χ2v) is 8.60. The molecule has 1 aliphatic heterocycles. The zero-order chi connectivity index (χ0) is 20.4. The molecule has 4 N–H and O–H groups in total. The zero-order valence-corrected chi connectivity index (χ0v) is 17.5. The average Bonchev–Trinajstić information content (AvgIpc) is 2.65. The van der Waals surface area contributed by atoms with Gasteiger partial charge >= 0.3 is 0 Å². The van der Waals surface area contributed by atoms with Crippen LogP contribution in [0.25, 0.3) is 10.9 Å². The molecule has 158 valence electrons. The lowest BCUT2D eigenvalue weighted by atomic mass is 9.90. The molecule has 8 heteroatoms. The molecule has 0 radical (unpaired) electrons.